The normalized spacial score (nSPS) is 17.0. The number of rotatable bonds is 7. The van der Waals surface area contributed by atoms with Crippen LogP contribution in [0.1, 0.15) is 56.5 Å². The van der Waals surface area contributed by atoms with E-state index in [-0.39, 0.29) is 16.8 Å². The van der Waals surface area contributed by atoms with Gasteiger partial charge in [0.15, 0.2) is 11.9 Å². The maximum Gasteiger partial charge on any atom is 0.260 e. The Hall–Kier alpha value is -2.39. The van der Waals surface area contributed by atoms with E-state index in [1.165, 1.54) is 9.87 Å². The standard InChI is InChI=1S/C22H31N3O5S/c1-14(2)18-6-8-20(9-7-18)29-17(5)22(26)23-19-10-12-25(13-11-19)31(27,28)21-15(3)24-30-16(21)4/h6-9,14,17,19H,10-13H2,1-5H3,(H,23,26). The Kier molecular flexibility index (Phi) is 7.06. The van der Waals surface area contributed by atoms with Crippen LogP contribution in [0.5, 0.6) is 5.75 Å². The van der Waals surface area contributed by atoms with E-state index in [0.717, 1.165) is 0 Å². The predicted molar refractivity (Wildman–Crippen MR) is 117 cm³/mol. The molecule has 0 spiro atoms. The number of nitrogens with zero attached hydrogens (tertiary/aromatic N) is 2. The lowest BCUT2D eigenvalue weighted by Gasteiger charge is -2.32. The summed E-state index contributed by atoms with van der Waals surface area (Å²) < 4.78 is 38.0. The number of hydrogen-bond donors (Lipinski definition) is 1. The van der Waals surface area contributed by atoms with Crippen molar-refractivity contribution in [2.45, 2.75) is 70.4 Å². The first kappa shape index (κ1) is 23.3. The second kappa shape index (κ2) is 9.40. The number of carbonyl (C=O) groups excluding carboxylic acids is 1. The van der Waals surface area contributed by atoms with Gasteiger partial charge < -0.3 is 14.6 Å². The first-order valence-electron chi connectivity index (χ1n) is 10.6. The van der Waals surface area contributed by atoms with Crippen molar-refractivity contribution in [1.29, 1.82) is 0 Å². The number of hydrogen-bond acceptors (Lipinski definition) is 6. The molecule has 1 fully saturated rings. The number of ether oxygens (including phenoxy) is 1. The summed E-state index contributed by atoms with van der Waals surface area (Å²) in [6.07, 6.45) is 0.419. The maximum absolute atomic E-state index is 12.9. The smallest absolute Gasteiger partial charge is 0.260 e. The largest absolute Gasteiger partial charge is 0.481 e. The molecule has 170 valence electrons. The van der Waals surface area contributed by atoms with Gasteiger partial charge in [0.05, 0.1) is 0 Å². The fourth-order valence-electron chi connectivity index (χ4n) is 3.72. The van der Waals surface area contributed by atoms with Gasteiger partial charge in [-0.15, -0.1) is 0 Å². The number of aryl methyl sites for hydroxylation is 2. The molecule has 1 aromatic carbocycles. The summed E-state index contributed by atoms with van der Waals surface area (Å²) in [5.41, 5.74) is 1.57. The summed E-state index contributed by atoms with van der Waals surface area (Å²) in [6.45, 7) is 9.81. The van der Waals surface area contributed by atoms with Crippen LogP contribution < -0.4 is 10.1 Å². The molecule has 1 aromatic heterocycles. The second-order valence-electron chi connectivity index (χ2n) is 8.32. The SMILES string of the molecule is Cc1noc(C)c1S(=O)(=O)N1CCC(NC(=O)C(C)Oc2ccc(C(C)C)cc2)CC1. The van der Waals surface area contributed by atoms with Gasteiger partial charge in [-0.2, -0.15) is 4.31 Å². The lowest BCUT2D eigenvalue weighted by molar-refractivity contribution is -0.128. The van der Waals surface area contributed by atoms with E-state index in [1.54, 1.807) is 20.8 Å². The number of carbonyl (C=O) groups is 1. The molecule has 0 bridgehead atoms. The minimum Gasteiger partial charge on any atom is -0.481 e. The van der Waals surface area contributed by atoms with Crippen LogP contribution in [0.4, 0.5) is 0 Å². The molecule has 0 saturated carbocycles. The quantitative estimate of drug-likeness (QED) is 0.697. The molecule has 0 radical (unpaired) electrons. The number of nitrogens with one attached hydrogen (secondary N) is 1. The number of benzene rings is 1. The Morgan fingerprint density at radius 1 is 1.16 bits per heavy atom. The van der Waals surface area contributed by atoms with Crippen molar-refractivity contribution in [2.75, 3.05) is 13.1 Å². The van der Waals surface area contributed by atoms with Gasteiger partial charge in [-0.1, -0.05) is 31.1 Å². The average Bonchev–Trinajstić information content (AvgIpc) is 3.07. The van der Waals surface area contributed by atoms with Crippen LogP contribution in [0.3, 0.4) is 0 Å². The highest BCUT2D eigenvalue weighted by molar-refractivity contribution is 7.89. The first-order chi connectivity index (χ1) is 14.6. The van der Waals surface area contributed by atoms with Gasteiger partial charge >= 0.3 is 0 Å². The monoisotopic (exact) mass is 449 g/mol. The Morgan fingerprint density at radius 3 is 2.29 bits per heavy atom. The van der Waals surface area contributed by atoms with Crippen molar-refractivity contribution in [2.24, 2.45) is 0 Å². The van der Waals surface area contributed by atoms with Crippen LogP contribution in [0.2, 0.25) is 0 Å². The highest BCUT2D eigenvalue weighted by Crippen LogP contribution is 2.26. The molecule has 1 saturated heterocycles. The minimum absolute atomic E-state index is 0.0991. The summed E-state index contributed by atoms with van der Waals surface area (Å²) in [5, 5.41) is 6.73. The third-order valence-electron chi connectivity index (χ3n) is 5.59. The highest BCUT2D eigenvalue weighted by Gasteiger charge is 2.34. The summed E-state index contributed by atoms with van der Waals surface area (Å²) >= 11 is 0. The maximum atomic E-state index is 12.9. The number of sulfonamides is 1. The summed E-state index contributed by atoms with van der Waals surface area (Å²) in [4.78, 5) is 12.7. The summed E-state index contributed by atoms with van der Waals surface area (Å²) in [5.74, 6) is 1.16. The molecule has 2 heterocycles. The molecule has 1 atom stereocenters. The van der Waals surface area contributed by atoms with Crippen LogP contribution in [-0.2, 0) is 14.8 Å². The van der Waals surface area contributed by atoms with Gasteiger partial charge in [-0.25, -0.2) is 8.42 Å². The molecular weight excluding hydrogens is 418 g/mol. The van der Waals surface area contributed by atoms with Crippen LogP contribution in [0.15, 0.2) is 33.7 Å². The van der Waals surface area contributed by atoms with Crippen LogP contribution in [-0.4, -0.2) is 49.0 Å². The minimum atomic E-state index is -3.66. The molecule has 1 aliphatic heterocycles. The molecular formula is C22H31N3O5S. The van der Waals surface area contributed by atoms with Crippen LogP contribution in [0, 0.1) is 13.8 Å². The fourth-order valence-corrected chi connectivity index (χ4v) is 5.48. The molecule has 1 aliphatic rings. The Labute approximate surface area is 184 Å². The van der Waals surface area contributed by atoms with Gasteiger partial charge in [0, 0.05) is 19.1 Å². The zero-order valence-electron chi connectivity index (χ0n) is 18.7. The van der Waals surface area contributed by atoms with E-state index in [1.807, 2.05) is 24.3 Å². The average molecular weight is 450 g/mol. The van der Waals surface area contributed by atoms with Crippen LogP contribution >= 0.6 is 0 Å². The Bertz CT molecular complexity index is 987. The van der Waals surface area contributed by atoms with E-state index < -0.39 is 16.1 Å². The Balaban J connectivity index is 1.52. The van der Waals surface area contributed by atoms with Gasteiger partial charge in [-0.05, 0) is 57.2 Å². The van der Waals surface area contributed by atoms with Gasteiger partial charge in [0.1, 0.15) is 16.3 Å². The molecule has 1 amide bonds. The zero-order valence-corrected chi connectivity index (χ0v) is 19.5. The molecule has 8 nitrogen and oxygen atoms in total. The van der Waals surface area contributed by atoms with E-state index in [9.17, 15) is 13.2 Å². The van der Waals surface area contributed by atoms with E-state index in [2.05, 4.69) is 24.3 Å². The third-order valence-corrected chi connectivity index (χ3v) is 7.74. The van der Waals surface area contributed by atoms with Crippen molar-refractivity contribution in [1.82, 2.24) is 14.8 Å². The van der Waals surface area contributed by atoms with E-state index in [0.29, 0.717) is 49.1 Å². The van der Waals surface area contributed by atoms with E-state index in [4.69, 9.17) is 9.26 Å². The van der Waals surface area contributed by atoms with Gasteiger partial charge in [0.25, 0.3) is 5.91 Å². The van der Waals surface area contributed by atoms with Crippen molar-refractivity contribution < 1.29 is 22.5 Å². The molecule has 9 heteroatoms. The molecule has 31 heavy (non-hydrogen) atoms. The molecule has 1 N–H and O–H groups in total. The van der Waals surface area contributed by atoms with Crippen molar-refractivity contribution in [3.63, 3.8) is 0 Å². The second-order valence-corrected chi connectivity index (χ2v) is 10.2. The van der Waals surface area contributed by atoms with Gasteiger partial charge in [0.2, 0.25) is 10.0 Å². The van der Waals surface area contributed by atoms with Crippen molar-refractivity contribution in [3.8, 4) is 5.75 Å². The molecule has 2 aromatic rings. The highest BCUT2D eigenvalue weighted by atomic mass is 32.2. The first-order valence-corrected chi connectivity index (χ1v) is 12.0. The number of amides is 1. The summed E-state index contributed by atoms with van der Waals surface area (Å²) in [6, 6.07) is 7.64. The van der Waals surface area contributed by atoms with Crippen molar-refractivity contribution >= 4 is 15.9 Å². The Morgan fingerprint density at radius 2 is 1.77 bits per heavy atom. The topological polar surface area (TPSA) is 102 Å². The lowest BCUT2D eigenvalue weighted by atomic mass is 10.0. The zero-order chi connectivity index (χ0) is 22.8. The molecule has 0 aliphatic carbocycles. The number of aromatic nitrogens is 1. The van der Waals surface area contributed by atoms with E-state index >= 15 is 0 Å². The lowest BCUT2D eigenvalue weighted by Crippen LogP contribution is -2.49. The van der Waals surface area contributed by atoms with Crippen molar-refractivity contribution in [3.05, 3.63) is 41.3 Å². The fraction of sp³-hybridized carbons (Fsp3) is 0.545. The molecule has 3 rings (SSSR count). The summed E-state index contributed by atoms with van der Waals surface area (Å²) in [7, 11) is -3.66. The molecule has 1 unspecified atom stereocenters. The third kappa shape index (κ3) is 5.27. The number of piperidine rings is 1. The van der Waals surface area contributed by atoms with Gasteiger partial charge in [-0.3, -0.25) is 4.79 Å². The van der Waals surface area contributed by atoms with Crippen LogP contribution in [0.25, 0.3) is 0 Å². The predicted octanol–water partition coefficient (Wildman–Crippen LogP) is 3.15.